The lowest BCUT2D eigenvalue weighted by atomic mass is 10.1. The summed E-state index contributed by atoms with van der Waals surface area (Å²) in [5, 5.41) is 0. The molecule has 1 rings (SSSR count). The van der Waals surface area contributed by atoms with E-state index in [1.54, 1.807) is 0 Å². The summed E-state index contributed by atoms with van der Waals surface area (Å²) in [7, 11) is 0. The van der Waals surface area contributed by atoms with Crippen LogP contribution >= 0.6 is 12.6 Å². The Morgan fingerprint density at radius 2 is 1.93 bits per heavy atom. The van der Waals surface area contributed by atoms with Gasteiger partial charge in [0.2, 0.25) is 0 Å². The molecule has 0 aliphatic carbocycles. The maximum atomic E-state index is 13.3. The SMILES string of the molecule is Fc1c(CCS)cccc1OC(F)(F)F. The summed E-state index contributed by atoms with van der Waals surface area (Å²) < 4.78 is 52.4. The van der Waals surface area contributed by atoms with Gasteiger partial charge in [-0.05, 0) is 23.8 Å². The first-order chi connectivity index (χ1) is 6.94. The molecule has 0 N–H and O–H groups in total. The van der Waals surface area contributed by atoms with E-state index in [-0.39, 0.29) is 12.0 Å². The molecule has 0 aromatic heterocycles. The molecule has 0 saturated carbocycles. The average molecular weight is 240 g/mol. The molecule has 1 nitrogen and oxygen atoms in total. The normalized spacial score (nSPS) is 11.5. The van der Waals surface area contributed by atoms with Gasteiger partial charge < -0.3 is 4.74 Å². The Labute approximate surface area is 89.5 Å². The van der Waals surface area contributed by atoms with Crippen LogP contribution in [0.2, 0.25) is 0 Å². The van der Waals surface area contributed by atoms with Gasteiger partial charge >= 0.3 is 6.36 Å². The number of ether oxygens (including phenoxy) is 1. The van der Waals surface area contributed by atoms with E-state index in [0.29, 0.717) is 5.75 Å². The molecule has 84 valence electrons. The van der Waals surface area contributed by atoms with Gasteiger partial charge in [-0.1, -0.05) is 12.1 Å². The van der Waals surface area contributed by atoms with Crippen molar-refractivity contribution in [1.29, 1.82) is 0 Å². The Kier molecular flexibility index (Phi) is 3.84. The van der Waals surface area contributed by atoms with Crippen LogP contribution in [0, 0.1) is 5.82 Å². The van der Waals surface area contributed by atoms with E-state index < -0.39 is 17.9 Å². The predicted molar refractivity (Wildman–Crippen MR) is 50.6 cm³/mol. The van der Waals surface area contributed by atoms with Crippen LogP contribution in [0.3, 0.4) is 0 Å². The van der Waals surface area contributed by atoms with Gasteiger partial charge in [0.25, 0.3) is 0 Å². The van der Waals surface area contributed by atoms with E-state index in [1.165, 1.54) is 12.1 Å². The van der Waals surface area contributed by atoms with E-state index in [0.717, 1.165) is 6.07 Å². The number of thiol groups is 1. The van der Waals surface area contributed by atoms with Crippen molar-refractivity contribution in [3.63, 3.8) is 0 Å². The molecule has 0 saturated heterocycles. The minimum Gasteiger partial charge on any atom is -0.403 e. The highest BCUT2D eigenvalue weighted by Crippen LogP contribution is 2.27. The van der Waals surface area contributed by atoms with Gasteiger partial charge in [-0.3, -0.25) is 0 Å². The highest BCUT2D eigenvalue weighted by atomic mass is 32.1. The van der Waals surface area contributed by atoms with Crippen molar-refractivity contribution >= 4 is 12.6 Å². The molecular formula is C9H8F4OS. The molecule has 1 aromatic carbocycles. The molecule has 6 heteroatoms. The third kappa shape index (κ3) is 3.62. The first-order valence-electron chi connectivity index (χ1n) is 4.08. The maximum absolute atomic E-state index is 13.3. The van der Waals surface area contributed by atoms with Crippen LogP contribution in [-0.4, -0.2) is 12.1 Å². The Hall–Kier alpha value is -0.910. The lowest BCUT2D eigenvalue weighted by Crippen LogP contribution is -2.18. The number of rotatable bonds is 3. The smallest absolute Gasteiger partial charge is 0.403 e. The molecule has 15 heavy (non-hydrogen) atoms. The zero-order valence-corrected chi connectivity index (χ0v) is 8.41. The number of aryl methyl sites for hydroxylation is 1. The van der Waals surface area contributed by atoms with Crippen LogP contribution in [0.15, 0.2) is 18.2 Å². The Balaban J connectivity index is 2.94. The van der Waals surface area contributed by atoms with Crippen LogP contribution in [0.5, 0.6) is 5.75 Å². The van der Waals surface area contributed by atoms with Crippen molar-refractivity contribution < 1.29 is 22.3 Å². The van der Waals surface area contributed by atoms with Crippen LogP contribution in [0.25, 0.3) is 0 Å². The molecule has 0 unspecified atom stereocenters. The third-order valence-electron chi connectivity index (χ3n) is 1.65. The van der Waals surface area contributed by atoms with Gasteiger partial charge in [-0.15, -0.1) is 13.2 Å². The number of halogens is 4. The average Bonchev–Trinajstić information content (AvgIpc) is 2.10. The van der Waals surface area contributed by atoms with E-state index >= 15 is 0 Å². The first kappa shape index (κ1) is 12.2. The summed E-state index contributed by atoms with van der Waals surface area (Å²) >= 11 is 3.87. The van der Waals surface area contributed by atoms with Gasteiger partial charge in [-0.25, -0.2) is 4.39 Å². The van der Waals surface area contributed by atoms with Crippen LogP contribution in [0.1, 0.15) is 5.56 Å². The first-order valence-corrected chi connectivity index (χ1v) is 4.71. The molecule has 0 bridgehead atoms. The van der Waals surface area contributed by atoms with Crippen molar-refractivity contribution in [2.24, 2.45) is 0 Å². The molecule has 0 atom stereocenters. The van der Waals surface area contributed by atoms with Crippen LogP contribution < -0.4 is 4.74 Å². The van der Waals surface area contributed by atoms with Crippen molar-refractivity contribution in [3.8, 4) is 5.75 Å². The lowest BCUT2D eigenvalue weighted by Gasteiger charge is -2.11. The van der Waals surface area contributed by atoms with Crippen molar-refractivity contribution in [3.05, 3.63) is 29.6 Å². The largest absolute Gasteiger partial charge is 0.573 e. The molecule has 0 fully saturated rings. The molecule has 1 aromatic rings. The Morgan fingerprint density at radius 3 is 2.47 bits per heavy atom. The second-order valence-electron chi connectivity index (χ2n) is 2.75. The highest BCUT2D eigenvalue weighted by molar-refractivity contribution is 7.80. The topological polar surface area (TPSA) is 9.23 Å². The number of benzene rings is 1. The van der Waals surface area contributed by atoms with E-state index in [4.69, 9.17) is 0 Å². The molecule has 0 aliphatic heterocycles. The van der Waals surface area contributed by atoms with Gasteiger partial charge in [0.05, 0.1) is 0 Å². The van der Waals surface area contributed by atoms with Crippen molar-refractivity contribution in [1.82, 2.24) is 0 Å². The van der Waals surface area contributed by atoms with Gasteiger partial charge in [-0.2, -0.15) is 12.6 Å². The van der Waals surface area contributed by atoms with E-state index in [2.05, 4.69) is 17.4 Å². The van der Waals surface area contributed by atoms with E-state index in [9.17, 15) is 17.6 Å². The van der Waals surface area contributed by atoms with Crippen molar-refractivity contribution in [2.75, 3.05) is 5.75 Å². The summed E-state index contributed by atoms with van der Waals surface area (Å²) in [6.45, 7) is 0. The standard InChI is InChI=1S/C9H8F4OS/c10-8-6(4-5-15)2-1-3-7(8)14-9(11,12)13/h1-3,15H,4-5H2. The summed E-state index contributed by atoms with van der Waals surface area (Å²) in [4.78, 5) is 0. The molecule has 0 aliphatic rings. The minimum atomic E-state index is -4.87. The van der Waals surface area contributed by atoms with Crippen LogP contribution in [0.4, 0.5) is 17.6 Å². The zero-order chi connectivity index (χ0) is 11.5. The number of hydrogen-bond acceptors (Lipinski definition) is 2. The third-order valence-corrected chi connectivity index (χ3v) is 1.87. The predicted octanol–water partition coefficient (Wildman–Crippen LogP) is 3.20. The number of hydrogen-bond donors (Lipinski definition) is 1. The molecule has 0 radical (unpaired) electrons. The number of alkyl halides is 3. The zero-order valence-electron chi connectivity index (χ0n) is 7.51. The summed E-state index contributed by atoms with van der Waals surface area (Å²) in [6.07, 6.45) is -4.62. The fraction of sp³-hybridized carbons (Fsp3) is 0.333. The fourth-order valence-electron chi connectivity index (χ4n) is 1.07. The molecule has 0 heterocycles. The summed E-state index contributed by atoms with van der Waals surface area (Å²) in [5.74, 6) is -1.43. The van der Waals surface area contributed by atoms with Crippen molar-refractivity contribution in [2.45, 2.75) is 12.8 Å². The lowest BCUT2D eigenvalue weighted by molar-refractivity contribution is -0.275. The Morgan fingerprint density at radius 1 is 1.27 bits per heavy atom. The van der Waals surface area contributed by atoms with Gasteiger partial charge in [0.1, 0.15) is 0 Å². The monoisotopic (exact) mass is 240 g/mol. The molecule has 0 spiro atoms. The quantitative estimate of drug-likeness (QED) is 0.630. The fourth-order valence-corrected chi connectivity index (χ4v) is 1.31. The minimum absolute atomic E-state index is 0.159. The molecular weight excluding hydrogens is 232 g/mol. The Bertz CT molecular complexity index is 337. The maximum Gasteiger partial charge on any atom is 0.573 e. The molecule has 0 amide bonds. The summed E-state index contributed by atoms with van der Waals surface area (Å²) in [6, 6.07) is 3.64. The van der Waals surface area contributed by atoms with Gasteiger partial charge in [0.15, 0.2) is 11.6 Å². The van der Waals surface area contributed by atoms with E-state index in [1.807, 2.05) is 0 Å². The highest BCUT2D eigenvalue weighted by Gasteiger charge is 2.32. The van der Waals surface area contributed by atoms with Gasteiger partial charge in [0, 0.05) is 0 Å². The second-order valence-corrected chi connectivity index (χ2v) is 3.20. The van der Waals surface area contributed by atoms with Crippen LogP contribution in [-0.2, 0) is 6.42 Å². The summed E-state index contributed by atoms with van der Waals surface area (Å²) in [5.41, 5.74) is 0.159. The second kappa shape index (κ2) is 4.74.